The first-order chi connectivity index (χ1) is 8.04. The van der Waals surface area contributed by atoms with Crippen molar-refractivity contribution in [3.05, 3.63) is 0 Å². The van der Waals surface area contributed by atoms with E-state index < -0.39 is 11.9 Å². The molecule has 0 N–H and O–H groups in total. The highest BCUT2D eigenvalue weighted by molar-refractivity contribution is 6.32. The summed E-state index contributed by atoms with van der Waals surface area (Å²) >= 11 is 0. The fourth-order valence-corrected chi connectivity index (χ4v) is 2.24. The largest absolute Gasteiger partial charge is 0.459 e. The van der Waals surface area contributed by atoms with Crippen LogP contribution in [-0.2, 0) is 14.3 Å². The first kappa shape index (κ1) is 14.0. The molecule has 0 aromatic heterocycles. The third-order valence-corrected chi connectivity index (χ3v) is 3.05. The lowest BCUT2D eigenvalue weighted by Gasteiger charge is -2.32. The minimum Gasteiger partial charge on any atom is -0.459 e. The van der Waals surface area contributed by atoms with Crippen LogP contribution in [0.15, 0.2) is 0 Å². The van der Waals surface area contributed by atoms with Crippen LogP contribution in [0, 0.1) is 5.92 Å². The zero-order valence-corrected chi connectivity index (χ0v) is 10.9. The average molecular weight is 242 g/mol. The second kappa shape index (κ2) is 6.59. The van der Waals surface area contributed by atoms with Gasteiger partial charge in [-0.2, -0.15) is 0 Å². The van der Waals surface area contributed by atoms with Gasteiger partial charge in [0, 0.05) is 20.1 Å². The number of esters is 1. The number of nitrogens with zero attached hydrogens (tertiary/aromatic N) is 2. The summed E-state index contributed by atoms with van der Waals surface area (Å²) in [5.74, 6) is -0.837. The zero-order valence-electron chi connectivity index (χ0n) is 10.9. The Morgan fingerprint density at radius 3 is 2.76 bits per heavy atom. The fourth-order valence-electron chi connectivity index (χ4n) is 2.24. The summed E-state index contributed by atoms with van der Waals surface area (Å²) in [6, 6.07) is 0. The number of piperidine rings is 1. The van der Waals surface area contributed by atoms with Gasteiger partial charge in [0.05, 0.1) is 6.61 Å². The third kappa shape index (κ3) is 4.34. The van der Waals surface area contributed by atoms with Crippen molar-refractivity contribution in [3.63, 3.8) is 0 Å². The van der Waals surface area contributed by atoms with E-state index in [1.165, 1.54) is 4.90 Å². The summed E-state index contributed by atoms with van der Waals surface area (Å²) < 4.78 is 4.69. The minimum absolute atomic E-state index is 0.241. The standard InChI is InChI=1S/C12H22N2O3/c1-4-17-12(16)11(15)14(3)9-10-6-5-7-13(2)8-10/h10H,4-9H2,1-3H3. The lowest BCUT2D eigenvalue weighted by Crippen LogP contribution is -2.42. The van der Waals surface area contributed by atoms with Crippen LogP contribution in [0.3, 0.4) is 0 Å². The highest BCUT2D eigenvalue weighted by Gasteiger charge is 2.24. The Balaban J connectivity index is 2.39. The minimum atomic E-state index is -0.751. The first-order valence-corrected chi connectivity index (χ1v) is 6.15. The molecule has 5 nitrogen and oxygen atoms in total. The van der Waals surface area contributed by atoms with Crippen molar-refractivity contribution in [2.75, 3.05) is 40.3 Å². The molecule has 1 fully saturated rings. The highest BCUT2D eigenvalue weighted by atomic mass is 16.5. The number of likely N-dealkylation sites (tertiary alicyclic amines) is 1. The van der Waals surface area contributed by atoms with E-state index in [4.69, 9.17) is 4.74 Å². The summed E-state index contributed by atoms with van der Waals surface area (Å²) in [6.45, 7) is 4.67. The number of rotatable bonds is 3. The van der Waals surface area contributed by atoms with Gasteiger partial charge in [-0.25, -0.2) is 4.79 Å². The molecule has 1 rings (SSSR count). The first-order valence-electron chi connectivity index (χ1n) is 6.15. The molecule has 0 aliphatic carbocycles. The number of carbonyl (C=O) groups is 2. The van der Waals surface area contributed by atoms with Crippen LogP contribution >= 0.6 is 0 Å². The highest BCUT2D eigenvalue weighted by Crippen LogP contribution is 2.15. The van der Waals surface area contributed by atoms with E-state index in [1.54, 1.807) is 14.0 Å². The molecule has 17 heavy (non-hydrogen) atoms. The monoisotopic (exact) mass is 242 g/mol. The van der Waals surface area contributed by atoms with Gasteiger partial charge in [0.2, 0.25) is 0 Å². The van der Waals surface area contributed by atoms with Crippen LogP contribution in [-0.4, -0.2) is 62.0 Å². The van der Waals surface area contributed by atoms with Crippen molar-refractivity contribution in [2.24, 2.45) is 5.92 Å². The normalized spacial score (nSPS) is 21.0. The number of hydrogen-bond acceptors (Lipinski definition) is 4. The number of likely N-dealkylation sites (N-methyl/N-ethyl adjacent to an activating group) is 1. The predicted molar refractivity (Wildman–Crippen MR) is 64.5 cm³/mol. The molecule has 1 amide bonds. The van der Waals surface area contributed by atoms with Crippen molar-refractivity contribution in [2.45, 2.75) is 19.8 Å². The van der Waals surface area contributed by atoms with Crippen LogP contribution in [0.4, 0.5) is 0 Å². The van der Waals surface area contributed by atoms with Gasteiger partial charge in [-0.1, -0.05) is 0 Å². The molecule has 1 aliphatic heterocycles. The van der Waals surface area contributed by atoms with Gasteiger partial charge >= 0.3 is 11.9 Å². The number of carbonyl (C=O) groups excluding carboxylic acids is 2. The van der Waals surface area contributed by atoms with E-state index in [9.17, 15) is 9.59 Å². The van der Waals surface area contributed by atoms with Crippen LogP contribution in [0.5, 0.6) is 0 Å². The summed E-state index contributed by atoms with van der Waals surface area (Å²) in [5.41, 5.74) is 0. The van der Waals surface area contributed by atoms with E-state index in [2.05, 4.69) is 11.9 Å². The molecular weight excluding hydrogens is 220 g/mol. The molecule has 0 saturated carbocycles. The van der Waals surface area contributed by atoms with Gasteiger partial charge in [0.25, 0.3) is 0 Å². The molecule has 1 heterocycles. The Bertz CT molecular complexity index is 281. The maximum atomic E-state index is 11.6. The predicted octanol–water partition coefficient (Wildman–Crippen LogP) is 0.350. The SMILES string of the molecule is CCOC(=O)C(=O)N(C)CC1CCCN(C)C1. The molecule has 0 radical (unpaired) electrons. The lowest BCUT2D eigenvalue weighted by molar-refractivity contribution is -0.159. The second-order valence-electron chi connectivity index (χ2n) is 4.68. The Kier molecular flexibility index (Phi) is 5.41. The van der Waals surface area contributed by atoms with Gasteiger partial charge in [-0.3, -0.25) is 4.79 Å². The van der Waals surface area contributed by atoms with Gasteiger partial charge in [0.1, 0.15) is 0 Å². The molecule has 0 aromatic carbocycles. The van der Waals surface area contributed by atoms with Crippen LogP contribution < -0.4 is 0 Å². The molecule has 1 saturated heterocycles. The summed E-state index contributed by atoms with van der Waals surface area (Å²) in [6.07, 6.45) is 2.27. The van der Waals surface area contributed by atoms with E-state index in [0.29, 0.717) is 12.5 Å². The van der Waals surface area contributed by atoms with Crippen molar-refractivity contribution >= 4 is 11.9 Å². The quantitative estimate of drug-likeness (QED) is 0.529. The molecule has 0 bridgehead atoms. The van der Waals surface area contributed by atoms with Crippen molar-refractivity contribution < 1.29 is 14.3 Å². The second-order valence-corrected chi connectivity index (χ2v) is 4.68. The Hall–Kier alpha value is -1.10. The van der Waals surface area contributed by atoms with E-state index in [1.807, 2.05) is 0 Å². The van der Waals surface area contributed by atoms with Crippen LogP contribution in [0.2, 0.25) is 0 Å². The lowest BCUT2D eigenvalue weighted by atomic mass is 9.98. The van der Waals surface area contributed by atoms with Crippen molar-refractivity contribution in [1.29, 1.82) is 0 Å². The summed E-state index contributed by atoms with van der Waals surface area (Å²) in [7, 11) is 3.74. The number of amides is 1. The Labute approximate surface area is 103 Å². The number of hydrogen-bond donors (Lipinski definition) is 0. The summed E-state index contributed by atoms with van der Waals surface area (Å²) in [5, 5.41) is 0. The van der Waals surface area contributed by atoms with Gasteiger partial charge < -0.3 is 14.5 Å². The smallest absolute Gasteiger partial charge is 0.396 e. The molecule has 1 unspecified atom stereocenters. The van der Waals surface area contributed by atoms with Crippen molar-refractivity contribution in [1.82, 2.24) is 9.80 Å². The molecule has 5 heteroatoms. The van der Waals surface area contributed by atoms with E-state index >= 15 is 0 Å². The number of ether oxygens (including phenoxy) is 1. The zero-order chi connectivity index (χ0) is 12.8. The topological polar surface area (TPSA) is 49.9 Å². The van der Waals surface area contributed by atoms with Crippen LogP contribution in [0.1, 0.15) is 19.8 Å². The molecule has 1 aliphatic rings. The average Bonchev–Trinajstić information content (AvgIpc) is 2.28. The van der Waals surface area contributed by atoms with Gasteiger partial charge in [-0.15, -0.1) is 0 Å². The van der Waals surface area contributed by atoms with Crippen LogP contribution in [0.25, 0.3) is 0 Å². The molecule has 0 aromatic rings. The van der Waals surface area contributed by atoms with Gasteiger partial charge in [-0.05, 0) is 39.3 Å². The third-order valence-electron chi connectivity index (χ3n) is 3.05. The Morgan fingerprint density at radius 1 is 1.47 bits per heavy atom. The Morgan fingerprint density at radius 2 is 2.18 bits per heavy atom. The van der Waals surface area contributed by atoms with Crippen molar-refractivity contribution in [3.8, 4) is 0 Å². The molecule has 1 atom stereocenters. The van der Waals surface area contributed by atoms with E-state index in [0.717, 1.165) is 25.9 Å². The maximum absolute atomic E-state index is 11.6. The fraction of sp³-hybridized carbons (Fsp3) is 0.833. The maximum Gasteiger partial charge on any atom is 0.396 e. The summed E-state index contributed by atoms with van der Waals surface area (Å²) in [4.78, 5) is 26.6. The molecule has 98 valence electrons. The molecular formula is C12H22N2O3. The van der Waals surface area contributed by atoms with Gasteiger partial charge in [0.15, 0.2) is 0 Å². The molecule has 0 spiro atoms. The van der Waals surface area contributed by atoms with E-state index in [-0.39, 0.29) is 6.61 Å².